The highest BCUT2D eigenvalue weighted by Crippen LogP contribution is 2.51. The van der Waals surface area contributed by atoms with Crippen LogP contribution in [0.1, 0.15) is 119 Å². The van der Waals surface area contributed by atoms with Crippen molar-refractivity contribution in [1.82, 2.24) is 0 Å². The van der Waals surface area contributed by atoms with Gasteiger partial charge in [-0.2, -0.15) is 0 Å². The average molecular weight is 679 g/mol. The molecule has 0 amide bonds. The SMILES string of the molecule is CC(C)(Sc1cc(C(C)(C)C)c(O)c(C(C)(C)C)c1)Sc1cc(C(C)(C)C)c(OC[C@H]2O[C@@H](O)[C@H](O)[C@@H](O)[C@@H]2O)c(C(C)(C)C)c1. The predicted octanol–water partition coefficient (Wildman–Crippen LogP) is 7.38. The molecule has 5 atom stereocenters. The third-order valence-corrected chi connectivity index (χ3v) is 10.6. The van der Waals surface area contributed by atoms with Crippen molar-refractivity contribution in [2.45, 2.75) is 163 Å². The van der Waals surface area contributed by atoms with E-state index < -0.39 is 30.7 Å². The van der Waals surface area contributed by atoms with Gasteiger partial charge in [0.1, 0.15) is 42.5 Å². The summed E-state index contributed by atoms with van der Waals surface area (Å²) in [6.45, 7) is 29.9. The molecule has 1 aliphatic rings. The lowest BCUT2D eigenvalue weighted by atomic mass is 9.79. The van der Waals surface area contributed by atoms with Crippen molar-refractivity contribution in [3.05, 3.63) is 46.5 Å². The number of aromatic hydroxyl groups is 1. The van der Waals surface area contributed by atoms with Gasteiger partial charge in [-0.15, -0.1) is 23.5 Å². The van der Waals surface area contributed by atoms with Crippen LogP contribution in [0.3, 0.4) is 0 Å². The molecule has 1 aliphatic heterocycles. The fraction of sp³-hybridized carbons (Fsp3) is 0.676. The minimum absolute atomic E-state index is 0.116. The fourth-order valence-corrected chi connectivity index (χ4v) is 8.15. The van der Waals surface area contributed by atoms with Crippen LogP contribution in [0.25, 0.3) is 0 Å². The van der Waals surface area contributed by atoms with E-state index in [0.717, 1.165) is 32.0 Å². The summed E-state index contributed by atoms with van der Waals surface area (Å²) in [5.41, 5.74) is 2.83. The van der Waals surface area contributed by atoms with Crippen molar-refractivity contribution in [3.8, 4) is 11.5 Å². The van der Waals surface area contributed by atoms with Gasteiger partial charge in [0.2, 0.25) is 0 Å². The van der Waals surface area contributed by atoms with Crippen LogP contribution in [0.15, 0.2) is 34.1 Å². The highest BCUT2D eigenvalue weighted by molar-refractivity contribution is 8.18. The molecule has 0 saturated carbocycles. The van der Waals surface area contributed by atoms with Crippen LogP contribution in [-0.2, 0) is 26.4 Å². The Morgan fingerprint density at radius 1 is 0.587 bits per heavy atom. The summed E-state index contributed by atoms with van der Waals surface area (Å²) < 4.78 is 11.6. The second-order valence-corrected chi connectivity index (χ2v) is 20.8. The van der Waals surface area contributed by atoms with Crippen molar-refractivity contribution >= 4 is 23.5 Å². The predicted molar refractivity (Wildman–Crippen MR) is 190 cm³/mol. The Morgan fingerprint density at radius 3 is 1.33 bits per heavy atom. The number of ether oxygens (including phenoxy) is 2. The summed E-state index contributed by atoms with van der Waals surface area (Å²) in [6, 6.07) is 8.59. The van der Waals surface area contributed by atoms with Gasteiger partial charge in [0.05, 0.1) is 4.08 Å². The summed E-state index contributed by atoms with van der Waals surface area (Å²) in [6.07, 6.45) is -7.21. The van der Waals surface area contributed by atoms with Crippen molar-refractivity contribution in [2.24, 2.45) is 0 Å². The quantitative estimate of drug-likeness (QED) is 0.151. The van der Waals surface area contributed by atoms with Crippen LogP contribution in [0.2, 0.25) is 0 Å². The monoisotopic (exact) mass is 678 g/mol. The average Bonchev–Trinajstić information content (AvgIpc) is 2.87. The molecule has 7 nitrogen and oxygen atoms in total. The van der Waals surface area contributed by atoms with E-state index in [4.69, 9.17) is 9.47 Å². The van der Waals surface area contributed by atoms with Crippen molar-refractivity contribution in [3.63, 3.8) is 0 Å². The molecule has 3 rings (SSSR count). The first-order valence-corrected chi connectivity index (χ1v) is 17.7. The van der Waals surface area contributed by atoms with Crippen molar-refractivity contribution < 1.29 is 35.0 Å². The molecule has 46 heavy (non-hydrogen) atoms. The molecule has 9 heteroatoms. The highest BCUT2D eigenvalue weighted by Gasteiger charge is 2.43. The second kappa shape index (κ2) is 13.4. The van der Waals surface area contributed by atoms with Gasteiger partial charge in [-0.1, -0.05) is 83.1 Å². The summed E-state index contributed by atoms with van der Waals surface area (Å²) in [7, 11) is 0. The zero-order chi connectivity index (χ0) is 35.4. The van der Waals surface area contributed by atoms with E-state index >= 15 is 0 Å². The smallest absolute Gasteiger partial charge is 0.184 e. The number of phenolic OH excluding ortho intramolecular Hbond substituents is 1. The van der Waals surface area contributed by atoms with Crippen LogP contribution >= 0.6 is 23.5 Å². The van der Waals surface area contributed by atoms with E-state index in [-0.39, 0.29) is 32.3 Å². The lowest BCUT2D eigenvalue weighted by molar-refractivity contribution is -0.285. The van der Waals surface area contributed by atoms with Gasteiger partial charge < -0.3 is 35.0 Å². The maximum absolute atomic E-state index is 11.3. The minimum Gasteiger partial charge on any atom is -0.507 e. The molecule has 1 saturated heterocycles. The molecule has 0 aromatic heterocycles. The Morgan fingerprint density at radius 2 is 0.957 bits per heavy atom. The van der Waals surface area contributed by atoms with Gasteiger partial charge in [0.25, 0.3) is 0 Å². The summed E-state index contributed by atoms with van der Waals surface area (Å²) in [5, 5.41) is 52.0. The number of benzene rings is 2. The third-order valence-electron chi connectivity index (χ3n) is 8.18. The van der Waals surface area contributed by atoms with Crippen molar-refractivity contribution in [2.75, 3.05) is 6.61 Å². The standard InChI is InChI=1S/C37H58O7S2/c1-33(2,3)22-15-20(16-23(27(22)38)34(4,5)6)45-37(13,14)46-21-17-24(35(7,8)9)31(25(18-21)36(10,11)12)43-19-26-28(39)29(40)30(41)32(42)44-26/h15-18,26,28-30,32,38-42H,19H2,1-14H3/t26-,28-,29+,30-,32-/m1/s1. The van der Waals surface area contributed by atoms with Crippen LogP contribution < -0.4 is 4.74 Å². The first kappa shape index (κ1) is 39.0. The van der Waals surface area contributed by atoms with Crippen LogP contribution in [0, 0.1) is 0 Å². The molecule has 1 fully saturated rings. The molecule has 0 bridgehead atoms. The number of hydrogen-bond donors (Lipinski definition) is 5. The van der Waals surface area contributed by atoms with E-state index in [1.807, 2.05) is 0 Å². The number of thioether (sulfide) groups is 2. The van der Waals surface area contributed by atoms with Crippen LogP contribution in [0.4, 0.5) is 0 Å². The Labute approximate surface area is 285 Å². The number of phenols is 1. The molecule has 0 unspecified atom stereocenters. The first-order valence-electron chi connectivity index (χ1n) is 16.1. The fourth-order valence-electron chi connectivity index (χ4n) is 5.56. The molecule has 0 spiro atoms. The van der Waals surface area contributed by atoms with Gasteiger partial charge in [-0.05, 0) is 59.8 Å². The largest absolute Gasteiger partial charge is 0.507 e. The lowest BCUT2D eigenvalue weighted by Gasteiger charge is -2.39. The Balaban J connectivity index is 2.03. The summed E-state index contributed by atoms with van der Waals surface area (Å²) in [4.78, 5) is 2.20. The molecule has 2 aromatic rings. The lowest BCUT2D eigenvalue weighted by Crippen LogP contribution is -2.58. The molecule has 0 aliphatic carbocycles. The maximum atomic E-state index is 11.3. The summed E-state index contributed by atoms with van der Waals surface area (Å²) in [5.74, 6) is 1.06. The van der Waals surface area contributed by atoms with Crippen LogP contribution in [0.5, 0.6) is 11.5 Å². The van der Waals surface area contributed by atoms with Crippen molar-refractivity contribution in [1.29, 1.82) is 0 Å². The van der Waals surface area contributed by atoms with E-state index in [1.54, 1.807) is 23.5 Å². The number of rotatable bonds is 7. The van der Waals surface area contributed by atoms with E-state index in [0.29, 0.717) is 11.5 Å². The Kier molecular flexibility index (Phi) is 11.4. The van der Waals surface area contributed by atoms with E-state index in [2.05, 4.69) is 121 Å². The van der Waals surface area contributed by atoms with E-state index in [1.165, 1.54) is 0 Å². The zero-order valence-electron chi connectivity index (χ0n) is 30.3. The second-order valence-electron chi connectivity index (χ2n) is 17.2. The van der Waals surface area contributed by atoms with E-state index in [9.17, 15) is 25.5 Å². The molecular weight excluding hydrogens is 621 g/mol. The van der Waals surface area contributed by atoms with Gasteiger partial charge >= 0.3 is 0 Å². The maximum Gasteiger partial charge on any atom is 0.184 e. The van der Waals surface area contributed by atoms with Gasteiger partial charge in [0.15, 0.2) is 6.29 Å². The normalized spacial score (nSPS) is 23.5. The van der Waals surface area contributed by atoms with Crippen LogP contribution in [-0.4, -0.2) is 66.9 Å². The van der Waals surface area contributed by atoms with Gasteiger partial charge in [-0.3, -0.25) is 0 Å². The number of hydrogen-bond acceptors (Lipinski definition) is 9. The summed E-state index contributed by atoms with van der Waals surface area (Å²) >= 11 is 3.55. The molecule has 5 N–H and O–H groups in total. The minimum atomic E-state index is -1.62. The molecule has 0 radical (unpaired) electrons. The zero-order valence-corrected chi connectivity index (χ0v) is 31.9. The molecule has 260 valence electrons. The number of aliphatic hydroxyl groups excluding tert-OH is 4. The third kappa shape index (κ3) is 9.16. The topological polar surface area (TPSA) is 120 Å². The molecule has 1 heterocycles. The highest BCUT2D eigenvalue weighted by atomic mass is 32.2. The molecular formula is C37H58O7S2. The first-order chi connectivity index (χ1) is 20.6. The number of aliphatic hydroxyl groups is 4. The Bertz CT molecular complexity index is 1310. The molecule has 2 aromatic carbocycles. The van der Waals surface area contributed by atoms with Gasteiger partial charge in [0, 0.05) is 32.0 Å². The van der Waals surface area contributed by atoms with Gasteiger partial charge in [-0.25, -0.2) is 0 Å². The Hall–Kier alpha value is -1.46.